The van der Waals surface area contributed by atoms with E-state index >= 15 is 0 Å². The lowest BCUT2D eigenvalue weighted by atomic mass is 9.78. The molecule has 3 aromatic carbocycles. The van der Waals surface area contributed by atoms with E-state index in [4.69, 9.17) is 28.8 Å². The molecule has 17 nitrogen and oxygen atoms in total. The smallest absolute Gasteiger partial charge is 0.312 e. The summed E-state index contributed by atoms with van der Waals surface area (Å²) in [5.41, 5.74) is 0.652. The largest absolute Gasteiger partial charge is 0.507 e. The van der Waals surface area contributed by atoms with Gasteiger partial charge in [-0.3, -0.25) is 24.3 Å². The van der Waals surface area contributed by atoms with Crippen LogP contribution >= 0.6 is 0 Å². The third kappa shape index (κ3) is 10.6. The maximum absolute atomic E-state index is 14.7. The number of ether oxygens (including phenoxy) is 5. The van der Waals surface area contributed by atoms with Crippen molar-refractivity contribution < 1.29 is 63.6 Å². The van der Waals surface area contributed by atoms with Crippen molar-refractivity contribution in [3.05, 3.63) is 82.7 Å². The van der Waals surface area contributed by atoms with E-state index in [-0.39, 0.29) is 56.6 Å². The first-order chi connectivity index (χ1) is 32.5. The number of piperazine rings is 1. The van der Waals surface area contributed by atoms with E-state index in [0.717, 1.165) is 11.3 Å². The van der Waals surface area contributed by atoms with Crippen molar-refractivity contribution in [1.82, 2.24) is 9.91 Å². The van der Waals surface area contributed by atoms with E-state index in [1.165, 1.54) is 59.4 Å². The van der Waals surface area contributed by atoms with Crippen molar-refractivity contribution in [2.45, 2.75) is 118 Å². The maximum atomic E-state index is 14.7. The summed E-state index contributed by atoms with van der Waals surface area (Å²) in [6.07, 6.45) is 4.84. The zero-order valence-electron chi connectivity index (χ0n) is 41.5. The maximum Gasteiger partial charge on any atom is 0.312 e. The number of carbonyl (C=O) groups excluding carboxylic acids is 3. The topological polar surface area (TPSA) is 229 Å². The molecule has 11 atom stereocenters. The van der Waals surface area contributed by atoms with Crippen molar-refractivity contribution in [2.24, 2.45) is 28.8 Å². The molecular formula is C52H68N4O13. The number of hydrazone groups is 1. The van der Waals surface area contributed by atoms with E-state index in [1.54, 1.807) is 47.0 Å². The Morgan fingerprint density at radius 2 is 1.61 bits per heavy atom. The minimum Gasteiger partial charge on any atom is -0.507 e. The predicted molar refractivity (Wildman–Crippen MR) is 260 cm³/mol. The highest BCUT2D eigenvalue weighted by Crippen LogP contribution is 2.55. The van der Waals surface area contributed by atoms with Gasteiger partial charge in [-0.1, -0.05) is 58.1 Å². The molecule has 4 heterocycles. The summed E-state index contributed by atoms with van der Waals surface area (Å²) in [4.78, 5) is 43.4. The van der Waals surface area contributed by atoms with Gasteiger partial charge in [-0.15, -0.1) is 0 Å². The molecule has 374 valence electrons. The van der Waals surface area contributed by atoms with Crippen molar-refractivity contribution >= 4 is 40.3 Å². The summed E-state index contributed by atoms with van der Waals surface area (Å²) >= 11 is 0. The quantitative estimate of drug-likeness (QED) is 0.0627. The van der Waals surface area contributed by atoms with E-state index < -0.39 is 88.8 Å². The summed E-state index contributed by atoms with van der Waals surface area (Å²) < 4.78 is 29.2. The number of methoxy groups -OCH3 is 2. The van der Waals surface area contributed by atoms with E-state index in [0.29, 0.717) is 19.6 Å². The SMILES string of the molecule is COc1cccc(CN2C[C@@H](C)N(N=Cc3c4c(O)c5c(O)c(C)c6c(c5c3O)C(=O)[C@@](C)(OC=C[C@H](OC)[C@H](C)[C@H](OC(C)=O)[C@H](C)[C@H](O)[C@H](C)[C@H](O)[C@H](C)C=CC=C(C)C(=O)N4)O6)[C@@H](C)C2)c1. The zero-order chi connectivity index (χ0) is 50.8. The number of aliphatic hydroxyl groups is 2. The van der Waals surface area contributed by atoms with Crippen LogP contribution in [-0.4, -0.2) is 129 Å². The van der Waals surface area contributed by atoms with Gasteiger partial charge in [0, 0.05) is 80.8 Å². The first kappa shape index (κ1) is 52.2. The molecule has 1 fully saturated rings. The Hall–Kier alpha value is -6.14. The van der Waals surface area contributed by atoms with Crippen LogP contribution in [0.5, 0.6) is 28.7 Å². The van der Waals surface area contributed by atoms with Gasteiger partial charge in [-0.2, -0.15) is 5.10 Å². The van der Waals surface area contributed by atoms with Gasteiger partial charge in [0.1, 0.15) is 29.1 Å². The number of amides is 1. The first-order valence-electron chi connectivity index (χ1n) is 23.3. The van der Waals surface area contributed by atoms with Crippen molar-refractivity contribution in [3.63, 3.8) is 0 Å². The molecule has 0 aromatic heterocycles. The lowest BCUT2D eigenvalue weighted by Crippen LogP contribution is -2.54. The molecule has 0 saturated carbocycles. The number of nitrogens with one attached hydrogen (secondary N) is 1. The predicted octanol–water partition coefficient (Wildman–Crippen LogP) is 6.69. The average molecular weight is 957 g/mol. The second kappa shape index (κ2) is 21.2. The monoisotopic (exact) mass is 956 g/mol. The number of hydrogen-bond acceptors (Lipinski definition) is 16. The van der Waals surface area contributed by atoms with Gasteiger partial charge >= 0.3 is 11.8 Å². The van der Waals surface area contributed by atoms with Crippen LogP contribution in [0.15, 0.2) is 65.5 Å². The Morgan fingerprint density at radius 1 is 0.928 bits per heavy atom. The van der Waals surface area contributed by atoms with Crippen LogP contribution in [0.2, 0.25) is 0 Å². The molecule has 3 aromatic rings. The number of anilines is 1. The van der Waals surface area contributed by atoms with Crippen molar-refractivity contribution in [2.75, 3.05) is 32.6 Å². The summed E-state index contributed by atoms with van der Waals surface area (Å²) in [6.45, 7) is 18.5. The molecule has 17 heteroatoms. The molecule has 4 aliphatic rings. The highest BCUT2D eigenvalue weighted by Gasteiger charge is 2.50. The van der Waals surface area contributed by atoms with Crippen molar-refractivity contribution in [3.8, 4) is 28.7 Å². The number of carbonyl (C=O) groups is 3. The van der Waals surface area contributed by atoms with Gasteiger partial charge in [0.15, 0.2) is 5.75 Å². The number of esters is 1. The third-order valence-electron chi connectivity index (χ3n) is 13.8. The number of aromatic hydroxyl groups is 3. The number of fused-ring (bicyclic) bond motifs is 14. The molecule has 5 bridgehead atoms. The van der Waals surface area contributed by atoms with Crippen LogP contribution in [0.4, 0.5) is 5.69 Å². The lowest BCUT2D eigenvalue weighted by molar-refractivity contribution is -0.160. The Morgan fingerprint density at radius 3 is 2.25 bits per heavy atom. The van der Waals surface area contributed by atoms with E-state index in [9.17, 15) is 39.9 Å². The minimum absolute atomic E-state index is 0.0439. The summed E-state index contributed by atoms with van der Waals surface area (Å²) in [5.74, 6) is -7.77. The molecule has 69 heavy (non-hydrogen) atoms. The number of benzene rings is 3. The fraction of sp³-hybridized carbons (Fsp3) is 0.500. The molecule has 0 aliphatic carbocycles. The molecule has 1 amide bonds. The third-order valence-corrected chi connectivity index (χ3v) is 13.8. The van der Waals surface area contributed by atoms with Crippen LogP contribution in [0.1, 0.15) is 89.4 Å². The number of phenolic OH excluding ortho intramolecular Hbond substituents is 3. The minimum atomic E-state index is -2.07. The molecule has 6 N–H and O–H groups in total. The molecule has 0 unspecified atom stereocenters. The van der Waals surface area contributed by atoms with Crippen molar-refractivity contribution in [1.29, 1.82) is 0 Å². The Kier molecular flexibility index (Phi) is 16.1. The van der Waals surface area contributed by atoms with E-state index in [2.05, 4.69) is 10.2 Å². The molecule has 4 aliphatic heterocycles. The van der Waals surface area contributed by atoms with Crippen LogP contribution < -0.4 is 14.8 Å². The second-order valence-corrected chi connectivity index (χ2v) is 19.0. The van der Waals surface area contributed by atoms with Gasteiger partial charge in [0.2, 0.25) is 0 Å². The summed E-state index contributed by atoms with van der Waals surface area (Å²) in [6, 6.07) is 7.59. The number of nitrogens with zero attached hydrogens (tertiary/aromatic N) is 3. The number of ketones is 1. The van der Waals surface area contributed by atoms with Gasteiger partial charge < -0.3 is 54.5 Å². The number of Topliss-reactive ketones (excluding diaryl/α,β-unsaturated/α-hetero) is 1. The van der Waals surface area contributed by atoms with Gasteiger partial charge in [-0.05, 0) is 51.5 Å². The van der Waals surface area contributed by atoms with Gasteiger partial charge in [-0.25, -0.2) is 0 Å². The summed E-state index contributed by atoms with van der Waals surface area (Å²) in [7, 11) is 3.07. The van der Waals surface area contributed by atoms with Crippen LogP contribution in [-0.2, 0) is 30.3 Å². The Bertz CT molecular complexity index is 2540. The summed E-state index contributed by atoms with van der Waals surface area (Å²) in [5, 5.41) is 68.2. The van der Waals surface area contributed by atoms with Crippen LogP contribution in [0.25, 0.3) is 10.8 Å². The lowest BCUT2D eigenvalue weighted by Gasteiger charge is -2.42. The zero-order valence-corrected chi connectivity index (χ0v) is 41.5. The first-order valence-corrected chi connectivity index (χ1v) is 23.3. The van der Waals surface area contributed by atoms with Crippen LogP contribution in [0.3, 0.4) is 0 Å². The highest BCUT2D eigenvalue weighted by molar-refractivity contribution is 6.23. The fourth-order valence-electron chi connectivity index (χ4n) is 9.81. The fourth-order valence-corrected chi connectivity index (χ4v) is 9.81. The molecule has 7 rings (SSSR count). The van der Waals surface area contributed by atoms with Gasteiger partial charge in [0.05, 0.1) is 72.2 Å². The molecule has 0 radical (unpaired) electrons. The number of phenols is 3. The molecule has 0 spiro atoms. The van der Waals surface area contributed by atoms with Crippen LogP contribution in [0, 0.1) is 30.6 Å². The highest BCUT2D eigenvalue weighted by atomic mass is 16.7. The second-order valence-electron chi connectivity index (χ2n) is 19.0. The Labute approximate surface area is 403 Å². The number of hydrogen-bond donors (Lipinski definition) is 6. The molecular weight excluding hydrogens is 889 g/mol. The van der Waals surface area contributed by atoms with Gasteiger partial charge in [0.25, 0.3) is 11.7 Å². The standard InChI is InChI=1S/C52H68N4O13/c1-26-15-13-16-27(2)51(64)54-42-37(22-53-56-28(3)23-55(24-29(56)4)25-35-17-14-18-36(21-35)65-11)46(61)39-40(47(42)62)45(60)33(8)49-41(39)50(63)52(10,69-49)67-20-19-38(66-12)30(5)48(68-34(9)57)32(7)44(59)31(6)43(26)58/h13-22,26,28-32,38,43-44,48,58-62H,23-25H2,1-12H3,(H,54,64)/t26-,28-,29+,30+,31-,32-,38+,43-,44-,48+,52+/m1/s1. The number of aliphatic hydroxyl groups excluding tert-OH is 2. The number of rotatable bonds is 7. The van der Waals surface area contributed by atoms with E-state index in [1.807, 2.05) is 43.1 Å². The normalized spacial score (nSPS) is 29.5. The Balaban J connectivity index is 1.47. The average Bonchev–Trinajstić information content (AvgIpc) is 3.57. The number of allylic oxidation sites excluding steroid dienone is 2. The molecule has 1 saturated heterocycles.